The first kappa shape index (κ1) is 15.4. The van der Waals surface area contributed by atoms with Crippen molar-refractivity contribution in [2.24, 2.45) is 5.92 Å². The predicted molar refractivity (Wildman–Crippen MR) is 68.0 cm³/mol. The van der Waals surface area contributed by atoms with Crippen molar-refractivity contribution in [2.75, 3.05) is 25.1 Å². The van der Waals surface area contributed by atoms with Crippen LogP contribution in [0.3, 0.4) is 0 Å². The number of sulfone groups is 1. The molecule has 8 heteroatoms. The Morgan fingerprint density at radius 1 is 1.39 bits per heavy atom. The van der Waals surface area contributed by atoms with Crippen molar-refractivity contribution in [2.45, 2.75) is 25.0 Å². The summed E-state index contributed by atoms with van der Waals surface area (Å²) < 4.78 is 48.0. The molecule has 0 aromatic heterocycles. The molecule has 1 atom stereocenters. The van der Waals surface area contributed by atoms with Gasteiger partial charge in [0.05, 0.1) is 28.7 Å². The lowest BCUT2D eigenvalue weighted by Crippen LogP contribution is -2.42. The second-order valence-electron chi connectivity index (χ2n) is 4.71. The third-order valence-electron chi connectivity index (χ3n) is 3.11. The molecule has 0 aromatic carbocycles. The summed E-state index contributed by atoms with van der Waals surface area (Å²) >= 11 is 0. The predicted octanol–water partition coefficient (Wildman–Crippen LogP) is -0.0151. The molecular formula is C10H18N2O4S2. The number of rotatable bonds is 4. The van der Waals surface area contributed by atoms with Gasteiger partial charge in [-0.3, -0.25) is 0 Å². The van der Waals surface area contributed by atoms with Crippen LogP contribution < -0.4 is 0 Å². The van der Waals surface area contributed by atoms with Crippen molar-refractivity contribution in [1.29, 1.82) is 5.26 Å². The van der Waals surface area contributed by atoms with Crippen molar-refractivity contribution in [1.82, 2.24) is 4.31 Å². The molecule has 1 aliphatic heterocycles. The highest BCUT2D eigenvalue weighted by Crippen LogP contribution is 2.22. The summed E-state index contributed by atoms with van der Waals surface area (Å²) in [6, 6.07) is 1.98. The van der Waals surface area contributed by atoms with Gasteiger partial charge in [0.15, 0.2) is 0 Å². The molecule has 104 valence electrons. The molecule has 0 saturated carbocycles. The van der Waals surface area contributed by atoms with Crippen molar-refractivity contribution >= 4 is 19.9 Å². The first-order valence-corrected chi connectivity index (χ1v) is 9.06. The fourth-order valence-electron chi connectivity index (χ4n) is 1.95. The van der Waals surface area contributed by atoms with Gasteiger partial charge in [-0.2, -0.15) is 5.26 Å². The number of nitrogens with zero attached hydrogens (tertiary/aromatic N) is 2. The van der Waals surface area contributed by atoms with E-state index in [0.29, 0.717) is 0 Å². The summed E-state index contributed by atoms with van der Waals surface area (Å²) in [5.74, 6) is -0.519. The third-order valence-corrected chi connectivity index (χ3v) is 7.16. The van der Waals surface area contributed by atoms with E-state index >= 15 is 0 Å². The summed E-state index contributed by atoms with van der Waals surface area (Å²) in [6.45, 7) is 1.79. The molecule has 0 aliphatic carbocycles. The molecule has 1 unspecified atom stereocenters. The number of hydrogen-bond donors (Lipinski definition) is 0. The van der Waals surface area contributed by atoms with E-state index in [9.17, 15) is 16.8 Å². The Balaban J connectivity index is 2.74. The maximum Gasteiger partial charge on any atom is 0.216 e. The minimum atomic E-state index is -3.50. The zero-order valence-corrected chi connectivity index (χ0v) is 12.2. The van der Waals surface area contributed by atoms with Crippen LogP contribution in [0.2, 0.25) is 0 Å². The first-order valence-electron chi connectivity index (χ1n) is 5.74. The van der Waals surface area contributed by atoms with E-state index in [1.54, 1.807) is 6.92 Å². The van der Waals surface area contributed by atoms with Crippen molar-refractivity contribution in [3.05, 3.63) is 0 Å². The zero-order chi connectivity index (χ0) is 14.0. The number of sulfonamides is 1. The smallest absolute Gasteiger partial charge is 0.216 e. The number of nitriles is 1. The van der Waals surface area contributed by atoms with Gasteiger partial charge < -0.3 is 0 Å². The van der Waals surface area contributed by atoms with Gasteiger partial charge in [0.1, 0.15) is 9.84 Å². The van der Waals surface area contributed by atoms with Crippen molar-refractivity contribution < 1.29 is 16.8 Å². The molecular weight excluding hydrogens is 276 g/mol. The monoisotopic (exact) mass is 294 g/mol. The standard InChI is InChI=1S/C10H18N2O4S2/c1-9(7-11)8-12(2)18(15,16)10-3-5-17(13,14)6-4-10/h9-10H,3-6,8H2,1-2H3. The molecule has 0 amide bonds. The van der Waals surface area contributed by atoms with Crippen LogP contribution in [0.25, 0.3) is 0 Å². The third kappa shape index (κ3) is 3.67. The molecule has 1 rings (SSSR count). The maximum atomic E-state index is 12.2. The van der Waals surface area contributed by atoms with Crippen LogP contribution in [0, 0.1) is 17.2 Å². The lowest BCUT2D eigenvalue weighted by molar-refractivity contribution is 0.426. The Hall–Kier alpha value is -0.650. The Bertz CT molecular complexity index is 519. The summed E-state index contributed by atoms with van der Waals surface area (Å²) in [5, 5.41) is 8.04. The second kappa shape index (κ2) is 5.55. The first-order chi connectivity index (χ1) is 8.19. The average Bonchev–Trinajstić information content (AvgIpc) is 2.28. The summed E-state index contributed by atoms with van der Waals surface area (Å²) in [7, 11) is -5.13. The fourth-order valence-corrected chi connectivity index (χ4v) is 5.51. The van der Waals surface area contributed by atoms with Crippen LogP contribution in [0.1, 0.15) is 19.8 Å². The van der Waals surface area contributed by atoms with Crippen LogP contribution in [0.15, 0.2) is 0 Å². The lowest BCUT2D eigenvalue weighted by Gasteiger charge is -2.27. The molecule has 0 N–H and O–H groups in total. The molecule has 18 heavy (non-hydrogen) atoms. The summed E-state index contributed by atoms with van der Waals surface area (Å²) in [4.78, 5) is 0. The van der Waals surface area contributed by atoms with Crippen LogP contribution in [-0.2, 0) is 19.9 Å². The Morgan fingerprint density at radius 3 is 2.33 bits per heavy atom. The lowest BCUT2D eigenvalue weighted by atomic mass is 10.2. The van der Waals surface area contributed by atoms with E-state index in [0.717, 1.165) is 0 Å². The van der Waals surface area contributed by atoms with E-state index < -0.39 is 25.1 Å². The normalized spacial score (nSPS) is 22.6. The van der Waals surface area contributed by atoms with E-state index in [1.165, 1.54) is 11.4 Å². The largest absolute Gasteiger partial charge is 0.229 e. The van der Waals surface area contributed by atoms with Crippen LogP contribution in [0.4, 0.5) is 0 Å². The molecule has 1 aliphatic rings. The maximum absolute atomic E-state index is 12.2. The molecule has 0 aromatic rings. The molecule has 1 saturated heterocycles. The van der Waals surface area contributed by atoms with E-state index in [1.807, 2.05) is 6.07 Å². The number of hydrogen-bond acceptors (Lipinski definition) is 5. The molecule has 1 heterocycles. The molecule has 6 nitrogen and oxygen atoms in total. The second-order valence-corrected chi connectivity index (χ2v) is 9.33. The van der Waals surface area contributed by atoms with Crippen LogP contribution in [-0.4, -0.2) is 51.5 Å². The topological polar surface area (TPSA) is 95.3 Å². The molecule has 0 bridgehead atoms. The van der Waals surface area contributed by atoms with Gasteiger partial charge in [0.2, 0.25) is 10.0 Å². The van der Waals surface area contributed by atoms with Crippen LogP contribution in [0.5, 0.6) is 0 Å². The van der Waals surface area contributed by atoms with Crippen LogP contribution >= 0.6 is 0 Å². The van der Waals surface area contributed by atoms with Gasteiger partial charge in [-0.15, -0.1) is 0 Å². The molecule has 0 spiro atoms. The molecule has 1 fully saturated rings. The highest BCUT2D eigenvalue weighted by molar-refractivity contribution is 7.92. The Morgan fingerprint density at radius 2 is 1.89 bits per heavy atom. The van der Waals surface area contributed by atoms with Gasteiger partial charge in [-0.25, -0.2) is 21.1 Å². The van der Waals surface area contributed by atoms with E-state index in [-0.39, 0.29) is 36.8 Å². The highest BCUT2D eigenvalue weighted by atomic mass is 32.2. The van der Waals surface area contributed by atoms with Crippen molar-refractivity contribution in [3.8, 4) is 6.07 Å². The SMILES string of the molecule is CC(C#N)CN(C)S(=O)(=O)C1CCS(=O)(=O)CC1. The Kier molecular flexibility index (Phi) is 4.75. The summed E-state index contributed by atoms with van der Waals surface area (Å²) in [5.41, 5.74) is 0. The van der Waals surface area contributed by atoms with E-state index in [2.05, 4.69) is 0 Å². The van der Waals surface area contributed by atoms with Gasteiger partial charge in [-0.05, 0) is 19.8 Å². The van der Waals surface area contributed by atoms with Gasteiger partial charge in [-0.1, -0.05) is 0 Å². The van der Waals surface area contributed by atoms with E-state index in [4.69, 9.17) is 5.26 Å². The average molecular weight is 294 g/mol. The van der Waals surface area contributed by atoms with Crippen molar-refractivity contribution in [3.63, 3.8) is 0 Å². The fraction of sp³-hybridized carbons (Fsp3) is 0.900. The van der Waals surface area contributed by atoms with Gasteiger partial charge in [0, 0.05) is 13.6 Å². The van der Waals surface area contributed by atoms with Gasteiger partial charge >= 0.3 is 0 Å². The minimum absolute atomic E-state index is 0.0709. The minimum Gasteiger partial charge on any atom is -0.229 e. The van der Waals surface area contributed by atoms with Gasteiger partial charge in [0.25, 0.3) is 0 Å². The Labute approximate surface area is 109 Å². The summed E-state index contributed by atoms with van der Waals surface area (Å²) in [6.07, 6.45) is 0.298. The molecule has 0 radical (unpaired) electrons. The highest BCUT2D eigenvalue weighted by Gasteiger charge is 2.35. The quantitative estimate of drug-likeness (QED) is 0.726. The zero-order valence-electron chi connectivity index (χ0n) is 10.5.